The highest BCUT2D eigenvalue weighted by Gasteiger charge is 2.28. The molecule has 1 atom stereocenters. The number of hydrogen-bond acceptors (Lipinski definition) is 4. The monoisotopic (exact) mass is 355 g/mol. The van der Waals surface area contributed by atoms with Gasteiger partial charge in [-0.3, -0.25) is 4.57 Å². The van der Waals surface area contributed by atoms with E-state index in [0.29, 0.717) is 13.2 Å². The Balaban J connectivity index is 1.59. The minimum absolute atomic E-state index is 0.0712. The van der Waals surface area contributed by atoms with Gasteiger partial charge in [0.05, 0.1) is 11.0 Å². The lowest BCUT2D eigenvalue weighted by Gasteiger charge is -2.31. The topological polar surface area (TPSA) is 48.3 Å². The van der Waals surface area contributed by atoms with E-state index in [4.69, 9.17) is 14.5 Å². The number of anilines is 1. The first kappa shape index (κ1) is 14.7. The fourth-order valence-corrected chi connectivity index (χ4v) is 3.97. The van der Waals surface area contributed by atoms with Crippen molar-refractivity contribution in [3.8, 4) is 22.9 Å². The van der Waals surface area contributed by atoms with Crippen LogP contribution in [-0.4, -0.2) is 22.8 Å². The lowest BCUT2D eigenvalue weighted by molar-refractivity contribution is 0.171. The van der Waals surface area contributed by atoms with Crippen LogP contribution in [0.2, 0.25) is 0 Å². The number of para-hydroxylation sites is 3. The first-order valence-electron chi connectivity index (χ1n) is 9.11. The molecule has 6 rings (SSSR count). The fourth-order valence-electron chi connectivity index (χ4n) is 3.97. The van der Waals surface area contributed by atoms with Gasteiger partial charge in [-0.15, -0.1) is 0 Å². The predicted molar refractivity (Wildman–Crippen MR) is 104 cm³/mol. The van der Waals surface area contributed by atoms with Crippen LogP contribution < -0.4 is 14.8 Å². The summed E-state index contributed by atoms with van der Waals surface area (Å²) in [7, 11) is 0. The van der Waals surface area contributed by atoms with Crippen molar-refractivity contribution in [2.75, 3.05) is 18.5 Å². The zero-order valence-electron chi connectivity index (χ0n) is 14.6. The molecule has 1 aromatic heterocycles. The molecule has 0 aliphatic carbocycles. The van der Waals surface area contributed by atoms with Crippen LogP contribution in [0.15, 0.2) is 66.7 Å². The standard InChI is InChI=1S/C22H17N3O2/c1-2-6-16-15(5-1)22-24-17-7-3-4-8-18(17)25(22)21(23-16)14-9-10-19-20(13-14)27-12-11-26-19/h1-10,13,21,23H,11-12H2/t21-/m0/s1. The van der Waals surface area contributed by atoms with Gasteiger partial charge >= 0.3 is 0 Å². The first-order valence-corrected chi connectivity index (χ1v) is 9.11. The zero-order chi connectivity index (χ0) is 17.8. The smallest absolute Gasteiger partial charge is 0.161 e. The van der Waals surface area contributed by atoms with Crippen molar-refractivity contribution in [2.45, 2.75) is 6.17 Å². The summed E-state index contributed by atoms with van der Waals surface area (Å²) in [5, 5.41) is 3.68. The molecule has 0 saturated heterocycles. The van der Waals surface area contributed by atoms with E-state index in [-0.39, 0.29) is 6.17 Å². The Hall–Kier alpha value is -3.47. The summed E-state index contributed by atoms with van der Waals surface area (Å²) in [6.45, 7) is 1.17. The Bertz CT molecular complexity index is 1180. The molecule has 0 saturated carbocycles. The molecule has 0 radical (unpaired) electrons. The van der Waals surface area contributed by atoms with Crippen molar-refractivity contribution >= 4 is 16.7 Å². The highest BCUT2D eigenvalue weighted by molar-refractivity contribution is 5.86. The zero-order valence-corrected chi connectivity index (χ0v) is 14.6. The Labute approximate surface area is 156 Å². The Morgan fingerprint density at radius 3 is 2.67 bits per heavy atom. The van der Waals surface area contributed by atoms with Crippen LogP contribution >= 0.6 is 0 Å². The summed E-state index contributed by atoms with van der Waals surface area (Å²) in [5.74, 6) is 2.58. The Morgan fingerprint density at radius 2 is 1.70 bits per heavy atom. The SMILES string of the molecule is c1ccc2c(c1)N[C@H](c1ccc3c(c1)OCCO3)n1c-2nc2ccccc21. The molecule has 0 bridgehead atoms. The van der Waals surface area contributed by atoms with E-state index in [1.54, 1.807) is 0 Å². The number of aromatic nitrogens is 2. The van der Waals surface area contributed by atoms with Crippen molar-refractivity contribution in [1.82, 2.24) is 9.55 Å². The highest BCUT2D eigenvalue weighted by Crippen LogP contribution is 2.42. The molecule has 4 aromatic rings. The largest absolute Gasteiger partial charge is 0.486 e. The normalized spacial score (nSPS) is 17.1. The van der Waals surface area contributed by atoms with Crippen LogP contribution in [-0.2, 0) is 0 Å². The summed E-state index contributed by atoms with van der Waals surface area (Å²) >= 11 is 0. The molecule has 0 spiro atoms. The summed E-state index contributed by atoms with van der Waals surface area (Å²) in [4.78, 5) is 4.92. The average molecular weight is 355 g/mol. The van der Waals surface area contributed by atoms with Gasteiger partial charge in [-0.05, 0) is 42.0 Å². The van der Waals surface area contributed by atoms with E-state index in [9.17, 15) is 0 Å². The van der Waals surface area contributed by atoms with Gasteiger partial charge in [0.2, 0.25) is 0 Å². The molecule has 3 heterocycles. The third-order valence-electron chi connectivity index (χ3n) is 5.20. The maximum Gasteiger partial charge on any atom is 0.161 e. The summed E-state index contributed by atoms with van der Waals surface area (Å²) in [5.41, 5.74) is 5.41. The van der Waals surface area contributed by atoms with Crippen LogP contribution in [0.4, 0.5) is 5.69 Å². The Morgan fingerprint density at radius 1 is 0.889 bits per heavy atom. The molecule has 5 heteroatoms. The van der Waals surface area contributed by atoms with E-state index in [1.807, 2.05) is 18.2 Å². The van der Waals surface area contributed by atoms with Crippen LogP contribution in [0.3, 0.4) is 0 Å². The molecule has 27 heavy (non-hydrogen) atoms. The summed E-state index contributed by atoms with van der Waals surface area (Å²) in [6.07, 6.45) is -0.0712. The molecule has 2 aliphatic rings. The van der Waals surface area contributed by atoms with Gasteiger partial charge in [0.1, 0.15) is 25.2 Å². The number of rotatable bonds is 1. The van der Waals surface area contributed by atoms with Crippen molar-refractivity contribution in [3.05, 3.63) is 72.3 Å². The van der Waals surface area contributed by atoms with Crippen molar-refractivity contribution in [1.29, 1.82) is 0 Å². The van der Waals surface area contributed by atoms with Crippen molar-refractivity contribution in [2.24, 2.45) is 0 Å². The number of nitrogens with zero attached hydrogens (tertiary/aromatic N) is 2. The van der Waals surface area contributed by atoms with E-state index >= 15 is 0 Å². The quantitative estimate of drug-likeness (QED) is 0.548. The number of imidazole rings is 1. The van der Waals surface area contributed by atoms with E-state index in [0.717, 1.165) is 45.2 Å². The predicted octanol–water partition coefficient (Wildman–Crippen LogP) is 4.45. The lowest BCUT2D eigenvalue weighted by atomic mass is 10.0. The fraction of sp³-hybridized carbons (Fsp3) is 0.136. The van der Waals surface area contributed by atoms with Crippen molar-refractivity contribution in [3.63, 3.8) is 0 Å². The van der Waals surface area contributed by atoms with Gasteiger partial charge in [0.25, 0.3) is 0 Å². The second-order valence-corrected chi connectivity index (χ2v) is 6.79. The molecule has 0 fully saturated rings. The Kier molecular flexibility index (Phi) is 3.00. The molecule has 1 N–H and O–H groups in total. The van der Waals surface area contributed by atoms with Gasteiger partial charge in [-0.1, -0.05) is 30.3 Å². The first-order chi connectivity index (χ1) is 13.4. The molecule has 132 valence electrons. The number of nitrogens with one attached hydrogen (secondary N) is 1. The van der Waals surface area contributed by atoms with Gasteiger partial charge in [0, 0.05) is 11.3 Å². The van der Waals surface area contributed by atoms with E-state index < -0.39 is 0 Å². The molecule has 2 aliphatic heterocycles. The maximum atomic E-state index is 5.80. The summed E-state index contributed by atoms with van der Waals surface area (Å²) in [6, 6.07) is 22.7. The second kappa shape index (κ2) is 5.51. The molecular formula is C22H17N3O2. The van der Waals surface area contributed by atoms with E-state index in [1.165, 1.54) is 0 Å². The number of fused-ring (bicyclic) bond motifs is 6. The second-order valence-electron chi connectivity index (χ2n) is 6.79. The van der Waals surface area contributed by atoms with Gasteiger partial charge in [-0.2, -0.15) is 0 Å². The van der Waals surface area contributed by atoms with Crippen LogP contribution in [0.25, 0.3) is 22.4 Å². The number of hydrogen-bond donors (Lipinski definition) is 1. The molecule has 5 nitrogen and oxygen atoms in total. The highest BCUT2D eigenvalue weighted by atomic mass is 16.6. The minimum Gasteiger partial charge on any atom is -0.486 e. The molecular weight excluding hydrogens is 338 g/mol. The molecule has 0 unspecified atom stereocenters. The number of ether oxygens (including phenoxy) is 2. The molecule has 3 aromatic carbocycles. The minimum atomic E-state index is -0.0712. The third-order valence-corrected chi connectivity index (χ3v) is 5.20. The van der Waals surface area contributed by atoms with Crippen LogP contribution in [0.5, 0.6) is 11.5 Å². The third kappa shape index (κ3) is 2.15. The summed E-state index contributed by atoms with van der Waals surface area (Å²) < 4.78 is 13.8. The van der Waals surface area contributed by atoms with Crippen LogP contribution in [0, 0.1) is 0 Å². The maximum absolute atomic E-state index is 5.80. The average Bonchev–Trinajstić information content (AvgIpc) is 3.13. The van der Waals surface area contributed by atoms with Crippen LogP contribution in [0.1, 0.15) is 11.7 Å². The van der Waals surface area contributed by atoms with Crippen molar-refractivity contribution < 1.29 is 9.47 Å². The van der Waals surface area contributed by atoms with Gasteiger partial charge in [-0.25, -0.2) is 4.98 Å². The molecule has 0 amide bonds. The van der Waals surface area contributed by atoms with Gasteiger partial charge < -0.3 is 14.8 Å². The number of benzene rings is 3. The lowest BCUT2D eigenvalue weighted by Crippen LogP contribution is -2.25. The van der Waals surface area contributed by atoms with Gasteiger partial charge in [0.15, 0.2) is 11.5 Å². The van der Waals surface area contributed by atoms with E-state index in [2.05, 4.69) is 58.4 Å².